The number of likely N-dealkylation sites (N-methyl/N-ethyl adjacent to an activating group) is 1. The summed E-state index contributed by atoms with van der Waals surface area (Å²) in [7, 11) is -0.602. The lowest BCUT2D eigenvalue weighted by Gasteiger charge is -2.11. The Hall–Kier alpha value is -1.48. The van der Waals surface area contributed by atoms with Crippen LogP contribution in [0.2, 0.25) is 0 Å². The molecule has 1 heterocycles. The quantitative estimate of drug-likeness (QED) is 0.593. The molecule has 0 saturated heterocycles. The molecule has 0 radical (unpaired) electrons. The molecule has 2 rings (SSSR count). The van der Waals surface area contributed by atoms with E-state index in [0.717, 1.165) is 5.69 Å². The standard InChI is InChI=1S/C12H16N2O5S/c1-14-11-4-3-10(7-9(11)8-12(14)15)20(16,17)13-19-6-5-18-2/h3-4,7,13H,5-6,8H2,1-2H3. The van der Waals surface area contributed by atoms with Crippen molar-refractivity contribution in [3.63, 3.8) is 0 Å². The van der Waals surface area contributed by atoms with Crippen LogP contribution in [0.15, 0.2) is 23.1 Å². The largest absolute Gasteiger partial charge is 0.382 e. The summed E-state index contributed by atoms with van der Waals surface area (Å²) in [6.45, 7) is 0.397. The highest BCUT2D eigenvalue weighted by Gasteiger charge is 2.26. The van der Waals surface area contributed by atoms with E-state index in [9.17, 15) is 13.2 Å². The van der Waals surface area contributed by atoms with Gasteiger partial charge < -0.3 is 9.64 Å². The van der Waals surface area contributed by atoms with Gasteiger partial charge in [0.1, 0.15) is 0 Å². The number of carbonyl (C=O) groups excluding carboxylic acids is 1. The van der Waals surface area contributed by atoms with E-state index in [-0.39, 0.29) is 30.4 Å². The summed E-state index contributed by atoms with van der Waals surface area (Å²) in [5.74, 6) is -0.0566. The Bertz CT molecular complexity index is 614. The third kappa shape index (κ3) is 2.98. The van der Waals surface area contributed by atoms with E-state index in [1.54, 1.807) is 13.1 Å². The molecule has 7 nitrogen and oxygen atoms in total. The summed E-state index contributed by atoms with van der Waals surface area (Å²) in [6.07, 6.45) is 0.208. The first-order valence-corrected chi connectivity index (χ1v) is 7.46. The molecular weight excluding hydrogens is 284 g/mol. The average Bonchev–Trinajstić information content (AvgIpc) is 2.70. The van der Waals surface area contributed by atoms with Gasteiger partial charge in [-0.05, 0) is 23.8 Å². The highest BCUT2D eigenvalue weighted by atomic mass is 32.2. The first-order chi connectivity index (χ1) is 9.45. The zero-order valence-electron chi connectivity index (χ0n) is 11.3. The second-order valence-corrected chi connectivity index (χ2v) is 5.99. The topological polar surface area (TPSA) is 84.9 Å². The highest BCUT2D eigenvalue weighted by Crippen LogP contribution is 2.29. The Morgan fingerprint density at radius 2 is 2.10 bits per heavy atom. The molecule has 1 amide bonds. The van der Waals surface area contributed by atoms with Gasteiger partial charge in [-0.1, -0.05) is 4.89 Å². The summed E-state index contributed by atoms with van der Waals surface area (Å²) in [5, 5.41) is 0. The number of nitrogens with one attached hydrogen (secondary N) is 1. The van der Waals surface area contributed by atoms with Gasteiger partial charge in [-0.25, -0.2) is 8.42 Å². The lowest BCUT2D eigenvalue weighted by molar-refractivity contribution is -0.117. The Balaban J connectivity index is 2.14. The fraction of sp³-hybridized carbons (Fsp3) is 0.417. The van der Waals surface area contributed by atoms with Crippen LogP contribution in [0.1, 0.15) is 5.56 Å². The minimum Gasteiger partial charge on any atom is -0.382 e. The number of sulfonamides is 1. The van der Waals surface area contributed by atoms with Crippen LogP contribution in [0.4, 0.5) is 5.69 Å². The molecule has 0 saturated carbocycles. The van der Waals surface area contributed by atoms with E-state index in [1.165, 1.54) is 24.1 Å². The SMILES string of the molecule is COCCONS(=O)(=O)c1ccc2c(c1)CC(=O)N2C. The number of nitrogens with zero attached hydrogens (tertiary/aromatic N) is 1. The third-order valence-electron chi connectivity index (χ3n) is 3.00. The first-order valence-electron chi connectivity index (χ1n) is 5.97. The number of hydrogen-bond acceptors (Lipinski definition) is 5. The summed E-state index contributed by atoms with van der Waals surface area (Å²) >= 11 is 0. The smallest absolute Gasteiger partial charge is 0.262 e. The Kier molecular flexibility index (Phi) is 4.39. The van der Waals surface area contributed by atoms with E-state index in [4.69, 9.17) is 9.57 Å². The maximum absolute atomic E-state index is 12.0. The van der Waals surface area contributed by atoms with Crippen molar-refractivity contribution < 1.29 is 22.8 Å². The van der Waals surface area contributed by atoms with Crippen molar-refractivity contribution in [2.75, 3.05) is 32.3 Å². The van der Waals surface area contributed by atoms with Crippen molar-refractivity contribution in [2.45, 2.75) is 11.3 Å². The molecule has 0 aliphatic carbocycles. The van der Waals surface area contributed by atoms with Crippen molar-refractivity contribution >= 4 is 21.6 Å². The lowest BCUT2D eigenvalue weighted by atomic mass is 10.2. The van der Waals surface area contributed by atoms with Crippen LogP contribution in [-0.4, -0.2) is 41.7 Å². The van der Waals surface area contributed by atoms with Gasteiger partial charge in [0.25, 0.3) is 10.0 Å². The molecule has 1 N–H and O–H groups in total. The molecule has 0 spiro atoms. The van der Waals surface area contributed by atoms with Crippen molar-refractivity contribution in [2.24, 2.45) is 0 Å². The summed E-state index contributed by atoms with van der Waals surface area (Å²) in [6, 6.07) is 4.54. The molecule has 0 fully saturated rings. The van der Waals surface area contributed by atoms with Gasteiger partial charge in [-0.3, -0.25) is 9.63 Å². The molecule has 0 aromatic heterocycles. The van der Waals surface area contributed by atoms with Gasteiger partial charge in [-0.15, -0.1) is 0 Å². The Morgan fingerprint density at radius 1 is 1.35 bits per heavy atom. The van der Waals surface area contributed by atoms with Gasteiger partial charge in [0.15, 0.2) is 0 Å². The van der Waals surface area contributed by atoms with Gasteiger partial charge in [0, 0.05) is 19.8 Å². The molecule has 1 aromatic rings. The number of anilines is 1. The fourth-order valence-electron chi connectivity index (χ4n) is 1.91. The molecule has 1 aromatic carbocycles. The van der Waals surface area contributed by atoms with E-state index in [2.05, 4.69) is 0 Å². The molecule has 1 aliphatic rings. The van der Waals surface area contributed by atoms with Crippen molar-refractivity contribution in [3.05, 3.63) is 23.8 Å². The summed E-state index contributed by atoms with van der Waals surface area (Å²) in [5.41, 5.74) is 1.42. The third-order valence-corrected chi connectivity index (χ3v) is 4.21. The number of rotatable bonds is 6. The molecule has 0 atom stereocenters. The summed E-state index contributed by atoms with van der Waals surface area (Å²) < 4.78 is 28.7. The second-order valence-electron chi connectivity index (χ2n) is 4.35. The van der Waals surface area contributed by atoms with E-state index < -0.39 is 10.0 Å². The zero-order chi connectivity index (χ0) is 14.8. The average molecular weight is 300 g/mol. The number of methoxy groups -OCH3 is 1. The first kappa shape index (κ1) is 14.9. The second kappa shape index (κ2) is 5.88. The number of ether oxygens (including phenoxy) is 1. The predicted molar refractivity (Wildman–Crippen MR) is 71.7 cm³/mol. The van der Waals surface area contributed by atoms with E-state index in [1.807, 2.05) is 4.89 Å². The van der Waals surface area contributed by atoms with Gasteiger partial charge in [0.2, 0.25) is 5.91 Å². The lowest BCUT2D eigenvalue weighted by Crippen LogP contribution is -2.25. The van der Waals surface area contributed by atoms with Crippen molar-refractivity contribution in [1.29, 1.82) is 0 Å². The van der Waals surface area contributed by atoms with Crippen LogP contribution in [0, 0.1) is 0 Å². The van der Waals surface area contributed by atoms with Crippen LogP contribution in [-0.2, 0) is 30.8 Å². The van der Waals surface area contributed by atoms with Gasteiger partial charge in [-0.2, -0.15) is 0 Å². The molecule has 20 heavy (non-hydrogen) atoms. The van der Waals surface area contributed by atoms with Gasteiger partial charge >= 0.3 is 0 Å². The number of amides is 1. The predicted octanol–water partition coefficient (Wildman–Crippen LogP) is 0.0618. The number of carbonyl (C=O) groups is 1. The molecule has 0 unspecified atom stereocenters. The zero-order valence-corrected chi connectivity index (χ0v) is 12.1. The molecule has 110 valence electrons. The Labute approximate surface area is 117 Å². The number of fused-ring (bicyclic) bond motifs is 1. The molecule has 1 aliphatic heterocycles. The molecular formula is C12H16N2O5S. The van der Waals surface area contributed by atoms with Crippen molar-refractivity contribution in [3.8, 4) is 0 Å². The van der Waals surface area contributed by atoms with Gasteiger partial charge in [0.05, 0.1) is 24.5 Å². The maximum Gasteiger partial charge on any atom is 0.262 e. The maximum atomic E-state index is 12.0. The molecule has 8 heteroatoms. The number of hydrogen-bond donors (Lipinski definition) is 1. The van der Waals surface area contributed by atoms with Crippen LogP contribution in [0.25, 0.3) is 0 Å². The molecule has 0 bridgehead atoms. The fourth-order valence-corrected chi connectivity index (χ4v) is 2.79. The highest BCUT2D eigenvalue weighted by molar-refractivity contribution is 7.89. The van der Waals surface area contributed by atoms with Crippen LogP contribution in [0.5, 0.6) is 0 Å². The number of benzene rings is 1. The normalized spacial score (nSPS) is 14.7. The van der Waals surface area contributed by atoms with Crippen LogP contribution < -0.4 is 9.79 Å². The van der Waals surface area contributed by atoms with Crippen molar-refractivity contribution in [1.82, 2.24) is 4.89 Å². The monoisotopic (exact) mass is 300 g/mol. The van der Waals surface area contributed by atoms with E-state index >= 15 is 0 Å². The van der Waals surface area contributed by atoms with Crippen LogP contribution in [0.3, 0.4) is 0 Å². The minimum absolute atomic E-state index is 0.0566. The van der Waals surface area contributed by atoms with Crippen LogP contribution >= 0.6 is 0 Å². The summed E-state index contributed by atoms with van der Waals surface area (Å²) in [4.78, 5) is 20.0. The van der Waals surface area contributed by atoms with E-state index in [0.29, 0.717) is 5.56 Å². The minimum atomic E-state index is -3.75. The Morgan fingerprint density at radius 3 is 2.80 bits per heavy atom.